The Morgan fingerprint density at radius 2 is 2.35 bits per heavy atom. The van der Waals surface area contributed by atoms with E-state index in [1.165, 1.54) is 6.33 Å². The van der Waals surface area contributed by atoms with Crippen molar-refractivity contribution in [1.29, 1.82) is 0 Å². The zero-order valence-corrected chi connectivity index (χ0v) is 13.1. The molecule has 0 saturated carbocycles. The largest absolute Gasteiger partial charge is 0.481 e. The van der Waals surface area contributed by atoms with E-state index in [0.29, 0.717) is 25.6 Å². The van der Waals surface area contributed by atoms with Gasteiger partial charge < -0.3 is 19.0 Å². The molecule has 0 spiro atoms. The fraction of sp³-hybridized carbons (Fsp3) is 0.500. The molecule has 23 heavy (non-hydrogen) atoms. The van der Waals surface area contributed by atoms with E-state index in [0.717, 1.165) is 30.0 Å². The van der Waals surface area contributed by atoms with Gasteiger partial charge in [0.05, 0.1) is 31.8 Å². The molecule has 0 aliphatic carbocycles. The summed E-state index contributed by atoms with van der Waals surface area (Å²) in [4.78, 5) is 10.6. The van der Waals surface area contributed by atoms with Gasteiger partial charge in [0.2, 0.25) is 5.88 Å². The maximum absolute atomic E-state index is 10.1. The summed E-state index contributed by atoms with van der Waals surface area (Å²) in [5.41, 5.74) is 2.03. The third kappa shape index (κ3) is 4.07. The summed E-state index contributed by atoms with van der Waals surface area (Å²) in [5.74, 6) is 1.37. The second-order valence-corrected chi connectivity index (χ2v) is 5.54. The Bertz CT molecular complexity index is 604. The summed E-state index contributed by atoms with van der Waals surface area (Å²) in [6, 6.07) is 3.66. The van der Waals surface area contributed by atoms with Gasteiger partial charge in [-0.05, 0) is 12.1 Å². The molecule has 3 heterocycles. The zero-order valence-electron chi connectivity index (χ0n) is 13.1. The van der Waals surface area contributed by atoms with Crippen molar-refractivity contribution in [3.05, 3.63) is 41.7 Å². The van der Waals surface area contributed by atoms with Crippen LogP contribution >= 0.6 is 0 Å². The number of methoxy groups -OCH3 is 1. The molecule has 7 heteroatoms. The summed E-state index contributed by atoms with van der Waals surface area (Å²) >= 11 is 0. The number of hydrogen-bond acceptors (Lipinski definition) is 7. The molecule has 2 aromatic rings. The lowest BCUT2D eigenvalue weighted by Crippen LogP contribution is -2.38. The highest BCUT2D eigenvalue weighted by Gasteiger charge is 2.23. The smallest absolute Gasteiger partial charge is 0.220 e. The fourth-order valence-corrected chi connectivity index (χ4v) is 2.74. The monoisotopic (exact) mass is 319 g/mol. The number of aromatic nitrogens is 2. The lowest BCUT2D eigenvalue weighted by molar-refractivity contribution is 0.00285. The minimum Gasteiger partial charge on any atom is -0.481 e. The number of β-amino-alcohol motifs (C(OH)–C–C–N with tert-alkyl or cyclic N) is 1. The van der Waals surface area contributed by atoms with Crippen LogP contribution in [0.1, 0.15) is 17.0 Å². The van der Waals surface area contributed by atoms with E-state index >= 15 is 0 Å². The summed E-state index contributed by atoms with van der Waals surface area (Å²) in [7, 11) is 1.61. The molecule has 0 bridgehead atoms. The minimum absolute atomic E-state index is 0.270. The number of rotatable bonds is 7. The lowest BCUT2D eigenvalue weighted by atomic mass is 10.1. The molecular weight excluding hydrogens is 298 g/mol. The van der Waals surface area contributed by atoms with Crippen molar-refractivity contribution in [3.63, 3.8) is 0 Å². The van der Waals surface area contributed by atoms with Gasteiger partial charge in [0.15, 0.2) is 0 Å². The van der Waals surface area contributed by atoms with E-state index in [1.54, 1.807) is 13.4 Å². The number of aliphatic hydroxyl groups excluding tert-OH is 1. The van der Waals surface area contributed by atoms with Gasteiger partial charge in [-0.3, -0.25) is 4.90 Å². The number of furan rings is 1. The highest BCUT2D eigenvalue weighted by molar-refractivity contribution is 5.31. The van der Waals surface area contributed by atoms with Crippen molar-refractivity contribution in [2.45, 2.75) is 25.7 Å². The van der Waals surface area contributed by atoms with Crippen LogP contribution in [0, 0.1) is 0 Å². The van der Waals surface area contributed by atoms with Crippen molar-refractivity contribution in [1.82, 2.24) is 14.9 Å². The number of ether oxygens (including phenoxy) is 2. The van der Waals surface area contributed by atoms with Crippen LogP contribution in [0.15, 0.2) is 29.1 Å². The minimum atomic E-state index is -0.554. The van der Waals surface area contributed by atoms with E-state index in [9.17, 15) is 5.11 Å². The molecule has 2 aromatic heterocycles. The number of aliphatic hydroxyl groups is 1. The second kappa shape index (κ2) is 7.54. The van der Waals surface area contributed by atoms with E-state index in [2.05, 4.69) is 14.9 Å². The van der Waals surface area contributed by atoms with Gasteiger partial charge in [-0.15, -0.1) is 0 Å². The number of hydrogen-bond donors (Lipinski definition) is 1. The maximum atomic E-state index is 10.1. The molecule has 0 fully saturated rings. The Hall–Kier alpha value is -1.96. The highest BCUT2D eigenvalue weighted by atomic mass is 16.5. The second-order valence-electron chi connectivity index (χ2n) is 5.54. The Balaban J connectivity index is 1.48. The van der Waals surface area contributed by atoms with Crippen molar-refractivity contribution >= 4 is 0 Å². The van der Waals surface area contributed by atoms with Crippen LogP contribution < -0.4 is 4.74 Å². The van der Waals surface area contributed by atoms with Gasteiger partial charge in [-0.25, -0.2) is 9.97 Å². The first-order valence-electron chi connectivity index (χ1n) is 7.63. The average Bonchev–Trinajstić information content (AvgIpc) is 3.07. The molecule has 3 rings (SSSR count). The van der Waals surface area contributed by atoms with Crippen LogP contribution in [0.4, 0.5) is 0 Å². The molecule has 0 radical (unpaired) electrons. The SMILES string of the molecule is COc1ncnc2c1CN(C[C@@H](O)COCc1ccco1)CC2. The molecule has 0 amide bonds. The van der Waals surface area contributed by atoms with E-state index in [1.807, 2.05) is 12.1 Å². The molecule has 1 atom stereocenters. The molecule has 0 unspecified atom stereocenters. The summed E-state index contributed by atoms with van der Waals surface area (Å²) in [5, 5.41) is 10.1. The van der Waals surface area contributed by atoms with Crippen molar-refractivity contribution in [2.75, 3.05) is 26.8 Å². The predicted octanol–water partition coefficient (Wildman–Crippen LogP) is 1.01. The Morgan fingerprint density at radius 3 is 3.13 bits per heavy atom. The summed E-state index contributed by atoms with van der Waals surface area (Å²) in [6.45, 7) is 2.70. The third-order valence-electron chi connectivity index (χ3n) is 3.84. The van der Waals surface area contributed by atoms with Crippen LogP contribution in [0.25, 0.3) is 0 Å². The lowest BCUT2D eigenvalue weighted by Gasteiger charge is -2.30. The molecule has 7 nitrogen and oxygen atoms in total. The Kier molecular flexibility index (Phi) is 5.22. The van der Waals surface area contributed by atoms with Gasteiger partial charge >= 0.3 is 0 Å². The molecule has 1 aliphatic heterocycles. The predicted molar refractivity (Wildman–Crippen MR) is 81.9 cm³/mol. The van der Waals surface area contributed by atoms with E-state index in [-0.39, 0.29) is 6.61 Å². The summed E-state index contributed by atoms with van der Waals surface area (Å²) < 4.78 is 16.0. The van der Waals surface area contributed by atoms with E-state index < -0.39 is 6.10 Å². The van der Waals surface area contributed by atoms with E-state index in [4.69, 9.17) is 13.9 Å². The number of nitrogens with zero attached hydrogens (tertiary/aromatic N) is 3. The van der Waals surface area contributed by atoms with Crippen molar-refractivity contribution in [2.24, 2.45) is 0 Å². The molecule has 0 aromatic carbocycles. The van der Waals surface area contributed by atoms with Crippen LogP contribution in [0.3, 0.4) is 0 Å². The first-order valence-corrected chi connectivity index (χ1v) is 7.63. The maximum Gasteiger partial charge on any atom is 0.220 e. The van der Waals surface area contributed by atoms with Crippen LogP contribution in [0.2, 0.25) is 0 Å². The third-order valence-corrected chi connectivity index (χ3v) is 3.84. The van der Waals surface area contributed by atoms with Crippen LogP contribution in [-0.4, -0.2) is 52.9 Å². The average molecular weight is 319 g/mol. The summed E-state index contributed by atoms with van der Waals surface area (Å²) in [6.07, 6.45) is 3.41. The topological polar surface area (TPSA) is 80.9 Å². The fourth-order valence-electron chi connectivity index (χ4n) is 2.74. The first-order chi connectivity index (χ1) is 11.3. The molecular formula is C16H21N3O4. The molecule has 1 aliphatic rings. The number of fused-ring (bicyclic) bond motifs is 1. The highest BCUT2D eigenvalue weighted by Crippen LogP contribution is 2.24. The normalized spacial score (nSPS) is 16.1. The van der Waals surface area contributed by atoms with Crippen molar-refractivity contribution in [3.8, 4) is 5.88 Å². The van der Waals surface area contributed by atoms with Gasteiger partial charge in [0.1, 0.15) is 18.7 Å². The standard InChI is InChI=1S/C16H21N3O4/c1-21-16-14-8-19(5-4-15(14)17-11-18-16)7-12(20)9-22-10-13-3-2-6-23-13/h2-3,6,11-12,20H,4-5,7-10H2,1H3/t12-/m1/s1. The van der Waals surface area contributed by atoms with Gasteiger partial charge in [-0.1, -0.05) is 0 Å². The molecule has 124 valence electrons. The molecule has 0 saturated heterocycles. The Labute approximate surface area is 134 Å². The van der Waals surface area contributed by atoms with Crippen molar-refractivity contribution < 1.29 is 19.0 Å². The quantitative estimate of drug-likeness (QED) is 0.816. The van der Waals surface area contributed by atoms with Crippen LogP contribution in [-0.2, 0) is 24.3 Å². The van der Waals surface area contributed by atoms with Gasteiger partial charge in [0.25, 0.3) is 0 Å². The Morgan fingerprint density at radius 1 is 1.43 bits per heavy atom. The van der Waals surface area contributed by atoms with Crippen LogP contribution in [0.5, 0.6) is 5.88 Å². The van der Waals surface area contributed by atoms with Gasteiger partial charge in [0, 0.05) is 31.6 Å². The first kappa shape index (κ1) is 15.9. The molecule has 1 N–H and O–H groups in total. The zero-order chi connectivity index (χ0) is 16.1. The van der Waals surface area contributed by atoms with Gasteiger partial charge in [-0.2, -0.15) is 0 Å².